The Balaban J connectivity index is 2.84. The zero-order valence-corrected chi connectivity index (χ0v) is 11.0. The van der Waals surface area contributed by atoms with Gasteiger partial charge in [-0.1, -0.05) is 45.1 Å². The molecule has 0 heterocycles. The standard InChI is InChI=1S/C15H24O/c1-6-12(2)9-11-15(16)13(3)8-7-10-14(15,4)5/h6-8,10,12,16H,1,9,11H2,2-5H3. The molecule has 0 aliphatic heterocycles. The Hall–Kier alpha value is -0.820. The molecule has 1 aliphatic rings. The predicted molar refractivity (Wildman–Crippen MR) is 70.2 cm³/mol. The van der Waals surface area contributed by atoms with Crippen LogP contribution in [0.4, 0.5) is 0 Å². The van der Waals surface area contributed by atoms with E-state index in [0.717, 1.165) is 18.4 Å². The summed E-state index contributed by atoms with van der Waals surface area (Å²) in [5.41, 5.74) is 0.169. The minimum absolute atomic E-state index is 0.188. The van der Waals surface area contributed by atoms with E-state index in [1.54, 1.807) is 0 Å². The lowest BCUT2D eigenvalue weighted by atomic mass is 9.66. The van der Waals surface area contributed by atoms with Gasteiger partial charge in [-0.2, -0.15) is 0 Å². The molecule has 1 rings (SSSR count). The largest absolute Gasteiger partial charge is 0.385 e. The molecule has 16 heavy (non-hydrogen) atoms. The normalized spacial score (nSPS) is 29.7. The molecule has 0 aromatic rings. The third-order valence-corrected chi connectivity index (χ3v) is 3.94. The van der Waals surface area contributed by atoms with Gasteiger partial charge in [-0.15, -0.1) is 6.58 Å². The summed E-state index contributed by atoms with van der Waals surface area (Å²) in [7, 11) is 0. The smallest absolute Gasteiger partial charge is 0.0942 e. The molecular weight excluding hydrogens is 196 g/mol. The van der Waals surface area contributed by atoms with Crippen LogP contribution in [0.5, 0.6) is 0 Å². The molecule has 0 amide bonds. The average Bonchev–Trinajstić information content (AvgIpc) is 2.22. The molecule has 1 aliphatic carbocycles. The van der Waals surface area contributed by atoms with Gasteiger partial charge in [0.05, 0.1) is 5.60 Å². The van der Waals surface area contributed by atoms with E-state index in [9.17, 15) is 5.11 Å². The van der Waals surface area contributed by atoms with E-state index in [4.69, 9.17) is 0 Å². The number of rotatable bonds is 4. The van der Waals surface area contributed by atoms with Gasteiger partial charge in [-0.3, -0.25) is 0 Å². The Labute approximate surface area is 99.6 Å². The van der Waals surface area contributed by atoms with Crippen LogP contribution in [0.3, 0.4) is 0 Å². The van der Waals surface area contributed by atoms with Crippen LogP contribution >= 0.6 is 0 Å². The number of hydrogen-bond acceptors (Lipinski definition) is 1. The Morgan fingerprint density at radius 1 is 1.50 bits per heavy atom. The monoisotopic (exact) mass is 220 g/mol. The quantitative estimate of drug-likeness (QED) is 0.713. The van der Waals surface area contributed by atoms with Crippen molar-refractivity contribution in [2.24, 2.45) is 11.3 Å². The molecule has 1 N–H and O–H groups in total. The van der Waals surface area contributed by atoms with Gasteiger partial charge in [0.1, 0.15) is 0 Å². The van der Waals surface area contributed by atoms with Gasteiger partial charge in [-0.05, 0) is 31.3 Å². The summed E-state index contributed by atoms with van der Waals surface area (Å²) >= 11 is 0. The van der Waals surface area contributed by atoms with Crippen LogP contribution in [0.25, 0.3) is 0 Å². The molecule has 1 nitrogen and oxygen atoms in total. The molecule has 0 saturated heterocycles. The van der Waals surface area contributed by atoms with E-state index in [0.29, 0.717) is 5.92 Å². The van der Waals surface area contributed by atoms with Gasteiger partial charge >= 0.3 is 0 Å². The van der Waals surface area contributed by atoms with Crippen molar-refractivity contribution in [1.82, 2.24) is 0 Å². The molecule has 0 radical (unpaired) electrons. The summed E-state index contributed by atoms with van der Waals surface area (Å²) in [6, 6.07) is 0. The summed E-state index contributed by atoms with van der Waals surface area (Å²) < 4.78 is 0. The van der Waals surface area contributed by atoms with Crippen molar-refractivity contribution in [3.63, 3.8) is 0 Å². The van der Waals surface area contributed by atoms with Gasteiger partial charge in [0.2, 0.25) is 0 Å². The first-order valence-electron chi connectivity index (χ1n) is 6.05. The summed E-state index contributed by atoms with van der Waals surface area (Å²) in [6.45, 7) is 12.1. The molecule has 2 unspecified atom stereocenters. The summed E-state index contributed by atoms with van der Waals surface area (Å²) in [5, 5.41) is 10.9. The van der Waals surface area contributed by atoms with Gasteiger partial charge in [0.15, 0.2) is 0 Å². The Kier molecular flexibility index (Phi) is 3.80. The first-order chi connectivity index (χ1) is 7.33. The first-order valence-corrected chi connectivity index (χ1v) is 6.05. The maximum atomic E-state index is 10.9. The zero-order chi connectivity index (χ0) is 12.4. The minimum atomic E-state index is -0.709. The van der Waals surface area contributed by atoms with Gasteiger partial charge in [0.25, 0.3) is 0 Å². The molecular formula is C15H24O. The zero-order valence-electron chi connectivity index (χ0n) is 11.0. The fraction of sp³-hybridized carbons (Fsp3) is 0.600. The molecule has 2 atom stereocenters. The molecule has 0 saturated carbocycles. The van der Waals surface area contributed by atoms with Crippen LogP contribution in [-0.4, -0.2) is 10.7 Å². The molecule has 0 bridgehead atoms. The van der Waals surface area contributed by atoms with Crippen molar-refractivity contribution in [3.05, 3.63) is 36.5 Å². The van der Waals surface area contributed by atoms with Crippen molar-refractivity contribution in [2.75, 3.05) is 0 Å². The van der Waals surface area contributed by atoms with Crippen molar-refractivity contribution < 1.29 is 5.11 Å². The lowest BCUT2D eigenvalue weighted by molar-refractivity contribution is -0.0205. The SMILES string of the molecule is C=CC(C)CCC1(O)C(C)=CC=CC1(C)C. The second-order valence-electron chi connectivity index (χ2n) is 5.54. The maximum absolute atomic E-state index is 10.9. The van der Waals surface area contributed by atoms with Crippen LogP contribution in [0.1, 0.15) is 40.5 Å². The fourth-order valence-corrected chi connectivity index (χ4v) is 2.29. The van der Waals surface area contributed by atoms with Crippen molar-refractivity contribution in [1.29, 1.82) is 0 Å². The van der Waals surface area contributed by atoms with E-state index < -0.39 is 5.60 Å². The number of allylic oxidation sites excluding steroid dienone is 3. The highest BCUT2D eigenvalue weighted by Gasteiger charge is 2.43. The van der Waals surface area contributed by atoms with E-state index >= 15 is 0 Å². The Morgan fingerprint density at radius 2 is 2.12 bits per heavy atom. The van der Waals surface area contributed by atoms with Crippen molar-refractivity contribution in [3.8, 4) is 0 Å². The molecule has 0 aromatic heterocycles. The summed E-state index contributed by atoms with van der Waals surface area (Å²) in [6.07, 6.45) is 9.87. The van der Waals surface area contributed by atoms with E-state index in [-0.39, 0.29) is 5.41 Å². The van der Waals surface area contributed by atoms with Gasteiger partial charge < -0.3 is 5.11 Å². The first kappa shape index (κ1) is 13.2. The third-order valence-electron chi connectivity index (χ3n) is 3.94. The molecule has 0 spiro atoms. The lowest BCUT2D eigenvalue weighted by Gasteiger charge is -2.44. The van der Waals surface area contributed by atoms with Crippen molar-refractivity contribution in [2.45, 2.75) is 46.1 Å². The van der Waals surface area contributed by atoms with Crippen LogP contribution in [0.2, 0.25) is 0 Å². The molecule has 90 valence electrons. The van der Waals surface area contributed by atoms with Crippen LogP contribution < -0.4 is 0 Å². The van der Waals surface area contributed by atoms with E-state index in [2.05, 4.69) is 33.4 Å². The Bertz CT molecular complexity index is 322. The van der Waals surface area contributed by atoms with Gasteiger partial charge in [0, 0.05) is 5.41 Å². The maximum Gasteiger partial charge on any atom is 0.0942 e. The third kappa shape index (κ3) is 2.30. The summed E-state index contributed by atoms with van der Waals surface area (Å²) in [5.74, 6) is 0.457. The van der Waals surface area contributed by atoms with Crippen LogP contribution in [-0.2, 0) is 0 Å². The minimum Gasteiger partial charge on any atom is -0.385 e. The van der Waals surface area contributed by atoms with E-state index in [1.165, 1.54) is 0 Å². The van der Waals surface area contributed by atoms with Gasteiger partial charge in [-0.25, -0.2) is 0 Å². The van der Waals surface area contributed by atoms with E-state index in [1.807, 2.05) is 25.2 Å². The fourth-order valence-electron chi connectivity index (χ4n) is 2.29. The van der Waals surface area contributed by atoms with Crippen molar-refractivity contribution >= 4 is 0 Å². The highest BCUT2D eigenvalue weighted by Crippen LogP contribution is 2.44. The Morgan fingerprint density at radius 3 is 2.62 bits per heavy atom. The predicted octanol–water partition coefficient (Wildman–Crippen LogP) is 3.86. The topological polar surface area (TPSA) is 20.2 Å². The highest BCUT2D eigenvalue weighted by atomic mass is 16.3. The molecule has 0 aromatic carbocycles. The second kappa shape index (κ2) is 4.58. The lowest BCUT2D eigenvalue weighted by Crippen LogP contribution is -2.46. The highest BCUT2D eigenvalue weighted by molar-refractivity contribution is 5.32. The average molecular weight is 220 g/mol. The van der Waals surface area contributed by atoms with Crippen LogP contribution in [0, 0.1) is 11.3 Å². The number of aliphatic hydroxyl groups is 1. The molecule has 1 heteroatoms. The number of hydrogen-bond donors (Lipinski definition) is 1. The summed E-state index contributed by atoms with van der Waals surface area (Å²) in [4.78, 5) is 0. The second-order valence-corrected chi connectivity index (χ2v) is 5.54. The van der Waals surface area contributed by atoms with Crippen LogP contribution in [0.15, 0.2) is 36.5 Å². The molecule has 0 fully saturated rings.